The Labute approximate surface area is 67.0 Å². The molecule has 0 aromatic heterocycles. The van der Waals surface area contributed by atoms with Crippen molar-refractivity contribution >= 4 is 11.6 Å². The second kappa shape index (κ2) is 2.77. The summed E-state index contributed by atoms with van der Waals surface area (Å²) < 4.78 is 0. The maximum Gasteiger partial charge on any atom is 0.118 e. The van der Waals surface area contributed by atoms with E-state index in [1.807, 2.05) is 37.2 Å². The van der Waals surface area contributed by atoms with E-state index in [4.69, 9.17) is 11.6 Å². The van der Waals surface area contributed by atoms with Gasteiger partial charge in [0.25, 0.3) is 0 Å². The van der Waals surface area contributed by atoms with E-state index in [1.165, 1.54) is 0 Å². The Morgan fingerprint density at radius 1 is 1.40 bits per heavy atom. The second-order valence-corrected chi connectivity index (χ2v) is 3.36. The van der Waals surface area contributed by atoms with Crippen LogP contribution in [0, 0.1) is 0 Å². The lowest BCUT2D eigenvalue weighted by molar-refractivity contribution is 0.301. The first-order chi connectivity index (χ1) is 4.65. The van der Waals surface area contributed by atoms with Gasteiger partial charge in [-0.05, 0) is 20.2 Å². The number of hydrogen-bond acceptors (Lipinski definition) is 1. The number of alkyl halides is 1. The molecule has 0 fully saturated rings. The van der Waals surface area contributed by atoms with Crippen molar-refractivity contribution in [3.63, 3.8) is 0 Å². The van der Waals surface area contributed by atoms with Crippen LogP contribution in [0.15, 0.2) is 24.3 Å². The van der Waals surface area contributed by atoms with E-state index < -0.39 is 0 Å². The number of likely N-dealkylation sites (N-methyl/N-ethyl adjacent to an activating group) is 1. The third-order valence-corrected chi connectivity index (χ3v) is 2.36. The molecule has 10 heavy (non-hydrogen) atoms. The first-order valence-electron chi connectivity index (χ1n) is 3.36. The molecule has 0 N–H and O–H groups in total. The van der Waals surface area contributed by atoms with Crippen LogP contribution in [0.25, 0.3) is 0 Å². The molecular formula is C8H12ClN. The highest BCUT2D eigenvalue weighted by atomic mass is 35.5. The predicted octanol–water partition coefficient (Wildman–Crippen LogP) is 2.00. The number of rotatable bonds is 1. The minimum absolute atomic E-state index is 0.283. The van der Waals surface area contributed by atoms with Gasteiger partial charge < -0.3 is 0 Å². The molecule has 0 aliphatic heterocycles. The molecule has 1 atom stereocenters. The summed E-state index contributed by atoms with van der Waals surface area (Å²) in [6, 6.07) is 0. The van der Waals surface area contributed by atoms with Crippen LogP contribution in [0.4, 0.5) is 0 Å². The third kappa shape index (κ3) is 1.41. The average molecular weight is 158 g/mol. The molecule has 0 saturated carbocycles. The van der Waals surface area contributed by atoms with Gasteiger partial charge in [-0.2, -0.15) is 0 Å². The van der Waals surface area contributed by atoms with Crippen molar-refractivity contribution in [3.8, 4) is 0 Å². The highest BCUT2D eigenvalue weighted by Gasteiger charge is 2.25. The summed E-state index contributed by atoms with van der Waals surface area (Å²) in [7, 11) is 3.97. The van der Waals surface area contributed by atoms with Crippen LogP contribution in [-0.4, -0.2) is 24.0 Å². The minimum Gasteiger partial charge on any atom is -0.288 e. The van der Waals surface area contributed by atoms with Gasteiger partial charge in [-0.15, -0.1) is 0 Å². The maximum absolute atomic E-state index is 6.20. The Morgan fingerprint density at radius 2 is 2.10 bits per heavy atom. The molecule has 0 saturated heterocycles. The van der Waals surface area contributed by atoms with Crippen LogP contribution in [0.5, 0.6) is 0 Å². The summed E-state index contributed by atoms with van der Waals surface area (Å²) in [4.78, 5) is 1.73. The van der Waals surface area contributed by atoms with Crippen molar-refractivity contribution < 1.29 is 0 Å². The maximum atomic E-state index is 6.20. The normalized spacial score (nSPS) is 31.6. The molecule has 1 aliphatic rings. The van der Waals surface area contributed by atoms with Crippen LogP contribution in [0.2, 0.25) is 0 Å². The summed E-state index contributed by atoms with van der Waals surface area (Å²) in [6.07, 6.45) is 8.97. The highest BCUT2D eigenvalue weighted by molar-refractivity contribution is 6.25. The van der Waals surface area contributed by atoms with Crippen LogP contribution < -0.4 is 0 Å². The molecule has 1 aliphatic carbocycles. The molecule has 0 aromatic rings. The van der Waals surface area contributed by atoms with Crippen LogP contribution in [-0.2, 0) is 0 Å². The molecule has 2 heteroatoms. The van der Waals surface area contributed by atoms with E-state index in [-0.39, 0.29) is 5.00 Å². The van der Waals surface area contributed by atoms with Gasteiger partial charge in [-0.1, -0.05) is 29.8 Å². The number of hydrogen-bond donors (Lipinski definition) is 0. The zero-order valence-electron chi connectivity index (χ0n) is 6.34. The Hall–Kier alpha value is -0.270. The largest absolute Gasteiger partial charge is 0.288 e. The van der Waals surface area contributed by atoms with E-state index in [9.17, 15) is 0 Å². The summed E-state index contributed by atoms with van der Waals surface area (Å²) in [6.45, 7) is 0. The molecule has 0 radical (unpaired) electrons. The molecule has 0 aromatic carbocycles. The van der Waals surface area contributed by atoms with Crippen LogP contribution in [0.1, 0.15) is 6.42 Å². The fourth-order valence-corrected chi connectivity index (χ4v) is 1.08. The van der Waals surface area contributed by atoms with E-state index in [1.54, 1.807) is 0 Å². The lowest BCUT2D eigenvalue weighted by atomic mass is 10.1. The van der Waals surface area contributed by atoms with Gasteiger partial charge in [0, 0.05) is 6.42 Å². The van der Waals surface area contributed by atoms with Gasteiger partial charge in [0.2, 0.25) is 0 Å². The second-order valence-electron chi connectivity index (χ2n) is 2.70. The SMILES string of the molecule is CN(C)C1(Cl)C=CC=CC1. The first kappa shape index (κ1) is 7.83. The Morgan fingerprint density at radius 3 is 2.40 bits per heavy atom. The fraction of sp³-hybridized carbons (Fsp3) is 0.500. The van der Waals surface area contributed by atoms with E-state index in [0.29, 0.717) is 0 Å². The topological polar surface area (TPSA) is 3.24 Å². The first-order valence-corrected chi connectivity index (χ1v) is 3.74. The van der Waals surface area contributed by atoms with Crippen molar-refractivity contribution in [2.24, 2.45) is 0 Å². The Kier molecular flexibility index (Phi) is 2.17. The zero-order valence-corrected chi connectivity index (χ0v) is 7.10. The predicted molar refractivity (Wildman–Crippen MR) is 45.2 cm³/mol. The molecule has 0 spiro atoms. The Bertz CT molecular complexity index is 172. The van der Waals surface area contributed by atoms with Crippen molar-refractivity contribution in [2.75, 3.05) is 14.1 Å². The molecule has 1 rings (SSSR count). The summed E-state index contributed by atoms with van der Waals surface area (Å²) in [5.41, 5.74) is 0. The number of halogens is 1. The smallest absolute Gasteiger partial charge is 0.118 e. The van der Waals surface area contributed by atoms with Gasteiger partial charge in [-0.25, -0.2) is 0 Å². The molecule has 56 valence electrons. The van der Waals surface area contributed by atoms with Crippen LogP contribution in [0.3, 0.4) is 0 Å². The van der Waals surface area contributed by atoms with Gasteiger partial charge >= 0.3 is 0 Å². The van der Waals surface area contributed by atoms with Gasteiger partial charge in [0.1, 0.15) is 5.00 Å². The summed E-state index contributed by atoms with van der Waals surface area (Å²) >= 11 is 6.20. The van der Waals surface area contributed by atoms with Crippen molar-refractivity contribution in [2.45, 2.75) is 11.4 Å². The summed E-state index contributed by atoms with van der Waals surface area (Å²) in [5, 5.41) is 0. The third-order valence-electron chi connectivity index (χ3n) is 1.75. The molecule has 0 heterocycles. The lowest BCUT2D eigenvalue weighted by Gasteiger charge is -2.31. The molecule has 0 bridgehead atoms. The number of allylic oxidation sites excluding steroid dienone is 2. The molecule has 1 nitrogen and oxygen atoms in total. The average Bonchev–Trinajstić information content (AvgIpc) is 1.89. The monoisotopic (exact) mass is 157 g/mol. The van der Waals surface area contributed by atoms with Gasteiger partial charge in [0.05, 0.1) is 0 Å². The van der Waals surface area contributed by atoms with Crippen molar-refractivity contribution in [1.82, 2.24) is 4.90 Å². The lowest BCUT2D eigenvalue weighted by Crippen LogP contribution is -2.36. The van der Waals surface area contributed by atoms with Crippen LogP contribution >= 0.6 is 11.6 Å². The molecule has 1 unspecified atom stereocenters. The molecule has 0 amide bonds. The van der Waals surface area contributed by atoms with E-state index >= 15 is 0 Å². The fourth-order valence-electron chi connectivity index (χ4n) is 0.915. The van der Waals surface area contributed by atoms with Crippen molar-refractivity contribution in [1.29, 1.82) is 0 Å². The standard InChI is InChI=1S/C8H12ClN/c1-10(2)8(9)6-4-3-5-7-8/h3-6H,7H2,1-2H3. The van der Waals surface area contributed by atoms with E-state index in [2.05, 4.69) is 6.08 Å². The summed E-state index contributed by atoms with van der Waals surface area (Å²) in [5.74, 6) is 0. The van der Waals surface area contributed by atoms with Gasteiger partial charge in [0.15, 0.2) is 0 Å². The van der Waals surface area contributed by atoms with Crippen molar-refractivity contribution in [3.05, 3.63) is 24.3 Å². The van der Waals surface area contributed by atoms with Gasteiger partial charge in [-0.3, -0.25) is 4.90 Å². The number of nitrogens with zero attached hydrogens (tertiary/aromatic N) is 1. The minimum atomic E-state index is -0.283. The molecular weight excluding hydrogens is 146 g/mol. The zero-order chi connectivity index (χ0) is 7.61. The Balaban J connectivity index is 2.70. The highest BCUT2D eigenvalue weighted by Crippen LogP contribution is 2.26. The van der Waals surface area contributed by atoms with E-state index in [0.717, 1.165) is 6.42 Å². The quantitative estimate of drug-likeness (QED) is 0.416.